The zero-order valence-corrected chi connectivity index (χ0v) is 20.3. The number of furan rings is 1. The Bertz CT molecular complexity index is 1150. The molecule has 0 bridgehead atoms. The van der Waals surface area contributed by atoms with Gasteiger partial charge < -0.3 is 20.0 Å². The largest absolute Gasteiger partial charge is 0.467 e. The number of nitrogens with one attached hydrogen (secondary N) is 2. The minimum absolute atomic E-state index is 0.0670. The van der Waals surface area contributed by atoms with Gasteiger partial charge in [-0.25, -0.2) is 0 Å². The standard InChI is InChI=1S/C27H28ClN3O4/c1-18-4-6-20(7-5-18)25(32)30-24(26(33)29-17-23-3-2-16-35-23)19-12-14-31(15-13-19)27(34)21-8-10-22(28)11-9-21/h2-11,16,19,24H,12-15,17H2,1H3,(H,29,33)(H,30,32). The lowest BCUT2D eigenvalue weighted by Crippen LogP contribution is -2.53. The number of hydrogen-bond donors (Lipinski definition) is 2. The van der Waals surface area contributed by atoms with Gasteiger partial charge in [-0.3, -0.25) is 14.4 Å². The van der Waals surface area contributed by atoms with Crippen LogP contribution in [0.5, 0.6) is 0 Å². The third-order valence-corrected chi connectivity index (χ3v) is 6.54. The van der Waals surface area contributed by atoms with Crippen molar-refractivity contribution in [2.24, 2.45) is 5.92 Å². The van der Waals surface area contributed by atoms with E-state index in [9.17, 15) is 14.4 Å². The maximum atomic E-state index is 13.2. The van der Waals surface area contributed by atoms with Crippen molar-refractivity contribution in [3.63, 3.8) is 0 Å². The Balaban J connectivity index is 1.43. The van der Waals surface area contributed by atoms with Crippen molar-refractivity contribution in [3.8, 4) is 0 Å². The highest BCUT2D eigenvalue weighted by molar-refractivity contribution is 6.30. The monoisotopic (exact) mass is 493 g/mol. The lowest BCUT2D eigenvalue weighted by Gasteiger charge is -2.36. The number of hydrogen-bond acceptors (Lipinski definition) is 4. The van der Waals surface area contributed by atoms with Crippen LogP contribution in [-0.4, -0.2) is 41.8 Å². The number of aryl methyl sites for hydroxylation is 1. The molecule has 1 fully saturated rings. The number of halogens is 1. The van der Waals surface area contributed by atoms with Gasteiger partial charge in [0.2, 0.25) is 5.91 Å². The third kappa shape index (κ3) is 6.31. The molecule has 2 heterocycles. The van der Waals surface area contributed by atoms with Crippen LogP contribution in [-0.2, 0) is 11.3 Å². The fourth-order valence-electron chi connectivity index (χ4n) is 4.24. The van der Waals surface area contributed by atoms with Gasteiger partial charge in [0.25, 0.3) is 11.8 Å². The molecule has 1 aliphatic rings. The second-order valence-corrected chi connectivity index (χ2v) is 9.19. The first kappa shape index (κ1) is 24.5. The van der Waals surface area contributed by atoms with E-state index in [0.717, 1.165) is 5.56 Å². The van der Waals surface area contributed by atoms with Crippen molar-refractivity contribution >= 4 is 29.3 Å². The van der Waals surface area contributed by atoms with Crippen LogP contribution >= 0.6 is 11.6 Å². The molecule has 0 aliphatic carbocycles. The fraction of sp³-hybridized carbons (Fsp3) is 0.296. The quantitative estimate of drug-likeness (QED) is 0.515. The van der Waals surface area contributed by atoms with Crippen molar-refractivity contribution in [2.75, 3.05) is 13.1 Å². The van der Waals surface area contributed by atoms with Crippen LogP contribution in [0.15, 0.2) is 71.3 Å². The van der Waals surface area contributed by atoms with Crippen molar-refractivity contribution in [2.45, 2.75) is 32.4 Å². The predicted molar refractivity (Wildman–Crippen MR) is 133 cm³/mol. The van der Waals surface area contributed by atoms with Gasteiger partial charge in [-0.15, -0.1) is 0 Å². The Morgan fingerprint density at radius 3 is 2.29 bits per heavy atom. The average Bonchev–Trinajstić information content (AvgIpc) is 3.40. The maximum absolute atomic E-state index is 13.2. The number of benzene rings is 2. The van der Waals surface area contributed by atoms with Crippen molar-refractivity contribution < 1.29 is 18.8 Å². The number of amides is 3. The summed E-state index contributed by atoms with van der Waals surface area (Å²) in [5.74, 6) is -0.129. The minimum Gasteiger partial charge on any atom is -0.467 e. The van der Waals surface area contributed by atoms with Crippen molar-refractivity contribution in [3.05, 3.63) is 94.4 Å². The van der Waals surface area contributed by atoms with Gasteiger partial charge in [0, 0.05) is 29.2 Å². The summed E-state index contributed by atoms with van der Waals surface area (Å²) in [5.41, 5.74) is 2.12. The van der Waals surface area contributed by atoms with Gasteiger partial charge in [0.05, 0.1) is 12.8 Å². The summed E-state index contributed by atoms with van der Waals surface area (Å²) in [6, 6.07) is 16.8. The Hall–Kier alpha value is -3.58. The minimum atomic E-state index is -0.730. The first-order valence-electron chi connectivity index (χ1n) is 11.6. The molecule has 2 aromatic carbocycles. The molecule has 0 radical (unpaired) electrons. The first-order chi connectivity index (χ1) is 16.9. The third-order valence-electron chi connectivity index (χ3n) is 6.29. The lowest BCUT2D eigenvalue weighted by molar-refractivity contribution is -0.124. The molecule has 0 saturated carbocycles. The molecule has 1 saturated heterocycles. The summed E-state index contributed by atoms with van der Waals surface area (Å²) in [5, 5.41) is 6.38. The Morgan fingerprint density at radius 1 is 1.00 bits per heavy atom. The number of piperidine rings is 1. The number of carbonyl (C=O) groups is 3. The summed E-state index contributed by atoms with van der Waals surface area (Å²) >= 11 is 5.93. The van der Waals surface area contributed by atoms with E-state index in [1.165, 1.54) is 0 Å². The number of carbonyl (C=O) groups excluding carboxylic acids is 3. The topological polar surface area (TPSA) is 91.7 Å². The lowest BCUT2D eigenvalue weighted by atomic mass is 9.88. The van der Waals surface area contributed by atoms with Crippen LogP contribution in [0.3, 0.4) is 0 Å². The van der Waals surface area contributed by atoms with Gasteiger partial charge in [0.15, 0.2) is 0 Å². The van der Waals surface area contributed by atoms with Crippen LogP contribution < -0.4 is 10.6 Å². The molecular weight excluding hydrogens is 466 g/mol. The van der Waals surface area contributed by atoms with E-state index in [-0.39, 0.29) is 30.2 Å². The van der Waals surface area contributed by atoms with Gasteiger partial charge in [-0.1, -0.05) is 29.3 Å². The van der Waals surface area contributed by atoms with Crippen molar-refractivity contribution in [1.29, 1.82) is 0 Å². The molecule has 0 spiro atoms. The predicted octanol–water partition coefficient (Wildman–Crippen LogP) is 4.21. The number of likely N-dealkylation sites (tertiary alicyclic amines) is 1. The van der Waals surface area contributed by atoms with Crippen LogP contribution in [0.4, 0.5) is 0 Å². The molecule has 2 N–H and O–H groups in total. The van der Waals surface area contributed by atoms with Crippen LogP contribution in [0.25, 0.3) is 0 Å². The first-order valence-corrected chi connectivity index (χ1v) is 12.0. The normalized spacial score (nSPS) is 14.9. The highest BCUT2D eigenvalue weighted by atomic mass is 35.5. The average molecular weight is 494 g/mol. The number of nitrogens with zero attached hydrogens (tertiary/aromatic N) is 1. The van der Waals surface area contributed by atoms with E-state index < -0.39 is 6.04 Å². The summed E-state index contributed by atoms with van der Waals surface area (Å²) in [6.45, 7) is 3.17. The van der Waals surface area contributed by atoms with Gasteiger partial charge >= 0.3 is 0 Å². The zero-order chi connectivity index (χ0) is 24.8. The van der Waals surface area contributed by atoms with Crippen molar-refractivity contribution in [1.82, 2.24) is 15.5 Å². The van der Waals surface area contributed by atoms with E-state index >= 15 is 0 Å². The van der Waals surface area contributed by atoms with E-state index in [2.05, 4.69) is 10.6 Å². The molecule has 1 aliphatic heterocycles. The highest BCUT2D eigenvalue weighted by Gasteiger charge is 2.34. The SMILES string of the molecule is Cc1ccc(C(=O)NC(C(=O)NCc2ccco2)C2CCN(C(=O)c3ccc(Cl)cc3)CC2)cc1. The van der Waals surface area contributed by atoms with E-state index in [1.807, 2.05) is 19.1 Å². The molecule has 7 nitrogen and oxygen atoms in total. The van der Waals surface area contributed by atoms with E-state index in [4.69, 9.17) is 16.0 Å². The summed E-state index contributed by atoms with van der Waals surface area (Å²) in [7, 11) is 0. The molecular formula is C27H28ClN3O4. The van der Waals surface area contributed by atoms with E-state index in [1.54, 1.807) is 59.7 Å². The second kappa shape index (κ2) is 11.2. The summed E-state index contributed by atoms with van der Waals surface area (Å²) in [6.07, 6.45) is 2.73. The molecule has 1 atom stereocenters. The molecule has 8 heteroatoms. The molecule has 1 unspecified atom stereocenters. The number of rotatable bonds is 7. The summed E-state index contributed by atoms with van der Waals surface area (Å²) < 4.78 is 5.31. The maximum Gasteiger partial charge on any atom is 0.253 e. The Kier molecular flexibility index (Phi) is 7.87. The molecule has 3 aromatic rings. The second-order valence-electron chi connectivity index (χ2n) is 8.75. The van der Waals surface area contributed by atoms with Gasteiger partial charge in [-0.2, -0.15) is 0 Å². The van der Waals surface area contributed by atoms with Gasteiger partial charge in [0.1, 0.15) is 11.8 Å². The molecule has 4 rings (SSSR count). The molecule has 35 heavy (non-hydrogen) atoms. The van der Waals surface area contributed by atoms with Crippen LogP contribution in [0, 0.1) is 12.8 Å². The fourth-order valence-corrected chi connectivity index (χ4v) is 4.36. The zero-order valence-electron chi connectivity index (χ0n) is 19.5. The molecule has 1 aromatic heterocycles. The summed E-state index contributed by atoms with van der Waals surface area (Å²) in [4.78, 5) is 40.8. The van der Waals surface area contributed by atoms with Gasteiger partial charge in [-0.05, 0) is 74.2 Å². The highest BCUT2D eigenvalue weighted by Crippen LogP contribution is 2.23. The van der Waals surface area contributed by atoms with Crippen LogP contribution in [0.2, 0.25) is 5.02 Å². The molecule has 182 valence electrons. The Morgan fingerprint density at radius 2 is 1.66 bits per heavy atom. The van der Waals surface area contributed by atoms with E-state index in [0.29, 0.717) is 47.8 Å². The smallest absolute Gasteiger partial charge is 0.253 e. The molecule has 3 amide bonds. The van der Waals surface area contributed by atoms with Crippen LogP contribution in [0.1, 0.15) is 44.9 Å². The Labute approximate surface area is 209 Å².